The first kappa shape index (κ1) is 21.5. The van der Waals surface area contributed by atoms with Gasteiger partial charge >= 0.3 is 0 Å². The van der Waals surface area contributed by atoms with Gasteiger partial charge in [-0.15, -0.1) is 6.42 Å². The van der Waals surface area contributed by atoms with Crippen LogP contribution in [0.15, 0.2) is 43.1 Å². The Hall–Kier alpha value is -4.34. The predicted molar refractivity (Wildman–Crippen MR) is 128 cm³/mol. The molecule has 0 atom stereocenters. The number of pyridine rings is 2. The topological polar surface area (TPSA) is 95.3 Å². The van der Waals surface area contributed by atoms with Crippen molar-refractivity contribution < 1.29 is 4.79 Å². The average Bonchev–Trinajstić information content (AvgIpc) is 3.49. The van der Waals surface area contributed by atoms with Gasteiger partial charge in [-0.3, -0.25) is 9.48 Å². The zero-order chi connectivity index (χ0) is 23.8. The molecule has 34 heavy (non-hydrogen) atoms. The molecule has 9 nitrogen and oxygen atoms in total. The van der Waals surface area contributed by atoms with Gasteiger partial charge < -0.3 is 9.80 Å². The number of nitriles is 1. The van der Waals surface area contributed by atoms with Gasteiger partial charge in [-0.05, 0) is 18.1 Å². The molecule has 1 aliphatic rings. The molecule has 168 valence electrons. The summed E-state index contributed by atoms with van der Waals surface area (Å²) in [6.45, 7) is 2.19. The second-order valence-corrected chi connectivity index (χ2v) is 8.37. The Morgan fingerprint density at radius 3 is 2.50 bits per heavy atom. The highest BCUT2D eigenvalue weighted by atomic mass is 35.5. The smallest absolute Gasteiger partial charge is 0.298 e. The lowest BCUT2D eigenvalue weighted by Gasteiger charge is -2.34. The van der Waals surface area contributed by atoms with Crippen molar-refractivity contribution in [1.82, 2.24) is 29.3 Å². The average molecular weight is 471 g/mol. The van der Waals surface area contributed by atoms with E-state index in [1.165, 1.54) is 0 Å². The minimum atomic E-state index is -0.305. The molecular formula is C24H19ClN8O. The first-order valence-corrected chi connectivity index (χ1v) is 10.9. The fourth-order valence-electron chi connectivity index (χ4n) is 4.17. The van der Waals surface area contributed by atoms with E-state index in [0.29, 0.717) is 48.1 Å². The number of rotatable bonds is 3. The number of hydrogen-bond donors (Lipinski definition) is 0. The van der Waals surface area contributed by atoms with E-state index in [-0.39, 0.29) is 5.91 Å². The highest BCUT2D eigenvalue weighted by Crippen LogP contribution is 2.35. The summed E-state index contributed by atoms with van der Waals surface area (Å²) in [4.78, 5) is 20.1. The molecular weight excluding hydrogens is 452 g/mol. The van der Waals surface area contributed by atoms with Crippen LogP contribution in [0.25, 0.3) is 27.8 Å². The van der Waals surface area contributed by atoms with Crippen LogP contribution in [0.5, 0.6) is 0 Å². The second-order valence-electron chi connectivity index (χ2n) is 7.96. The summed E-state index contributed by atoms with van der Waals surface area (Å²) in [5.74, 6) is 2.50. The van der Waals surface area contributed by atoms with Crippen molar-refractivity contribution in [3.63, 3.8) is 0 Å². The summed E-state index contributed by atoms with van der Waals surface area (Å²) in [7, 11) is 1.86. The van der Waals surface area contributed by atoms with E-state index in [0.717, 1.165) is 22.3 Å². The number of fused-ring (bicyclic) bond motifs is 1. The van der Waals surface area contributed by atoms with Crippen molar-refractivity contribution in [1.29, 1.82) is 5.26 Å². The summed E-state index contributed by atoms with van der Waals surface area (Å²) in [5, 5.41) is 18.7. The van der Waals surface area contributed by atoms with Crippen LogP contribution >= 0.6 is 11.6 Å². The van der Waals surface area contributed by atoms with Crippen LogP contribution in [0.2, 0.25) is 5.02 Å². The molecule has 4 aromatic heterocycles. The van der Waals surface area contributed by atoms with Crippen LogP contribution in [0.3, 0.4) is 0 Å². The van der Waals surface area contributed by atoms with Crippen LogP contribution in [0.4, 0.5) is 5.82 Å². The second kappa shape index (κ2) is 8.54. The Labute approximate surface area is 200 Å². The number of halogens is 1. The molecule has 1 saturated heterocycles. The van der Waals surface area contributed by atoms with E-state index in [2.05, 4.69) is 27.2 Å². The van der Waals surface area contributed by atoms with Crippen molar-refractivity contribution in [3.05, 3.63) is 53.7 Å². The number of amides is 1. The molecule has 0 spiro atoms. The van der Waals surface area contributed by atoms with Crippen LogP contribution in [0, 0.1) is 23.7 Å². The Morgan fingerprint density at radius 1 is 1.06 bits per heavy atom. The maximum absolute atomic E-state index is 11.7. The minimum absolute atomic E-state index is 0.305. The van der Waals surface area contributed by atoms with E-state index in [4.69, 9.17) is 18.0 Å². The van der Waals surface area contributed by atoms with Crippen LogP contribution < -0.4 is 4.90 Å². The third-order valence-corrected chi connectivity index (χ3v) is 6.17. The number of carbonyl (C=O) groups is 1. The van der Waals surface area contributed by atoms with E-state index in [1.54, 1.807) is 32.7 Å². The number of anilines is 1. The fraction of sp³-hybridized carbons (Fsp3) is 0.208. The van der Waals surface area contributed by atoms with Crippen molar-refractivity contribution in [2.75, 3.05) is 31.1 Å². The molecule has 5 rings (SSSR count). The fourth-order valence-corrected chi connectivity index (χ4v) is 4.46. The van der Waals surface area contributed by atoms with Gasteiger partial charge in [0.15, 0.2) is 0 Å². The number of piperazine rings is 1. The van der Waals surface area contributed by atoms with Gasteiger partial charge in [-0.25, -0.2) is 9.50 Å². The molecule has 0 radical (unpaired) electrons. The molecule has 4 aromatic rings. The lowest BCUT2D eigenvalue weighted by Crippen LogP contribution is -2.48. The van der Waals surface area contributed by atoms with E-state index in [9.17, 15) is 10.1 Å². The largest absolute Gasteiger partial charge is 0.352 e. The van der Waals surface area contributed by atoms with Gasteiger partial charge in [-0.2, -0.15) is 15.5 Å². The summed E-state index contributed by atoms with van der Waals surface area (Å²) in [5.41, 5.74) is 4.53. The minimum Gasteiger partial charge on any atom is -0.352 e. The van der Waals surface area contributed by atoms with Gasteiger partial charge in [0.05, 0.1) is 28.5 Å². The number of aromatic nitrogens is 5. The number of carbonyl (C=O) groups excluding carboxylic acids is 1. The summed E-state index contributed by atoms with van der Waals surface area (Å²) >= 11 is 6.68. The van der Waals surface area contributed by atoms with Crippen molar-refractivity contribution >= 4 is 28.8 Å². The molecule has 0 saturated carbocycles. The Kier molecular flexibility index (Phi) is 5.40. The zero-order valence-electron chi connectivity index (χ0n) is 18.3. The van der Waals surface area contributed by atoms with Crippen molar-refractivity contribution in [2.24, 2.45) is 7.05 Å². The molecule has 0 aliphatic carbocycles. The lowest BCUT2D eigenvalue weighted by atomic mass is 10.0. The first-order valence-electron chi connectivity index (χ1n) is 10.6. The maximum Gasteiger partial charge on any atom is 0.298 e. The molecule has 1 fully saturated rings. The summed E-state index contributed by atoms with van der Waals surface area (Å²) in [6.07, 6.45) is 14.1. The highest BCUT2D eigenvalue weighted by Gasteiger charge is 2.23. The quantitative estimate of drug-likeness (QED) is 0.427. The molecule has 1 amide bonds. The van der Waals surface area contributed by atoms with Crippen LogP contribution in [-0.2, 0) is 11.8 Å². The molecule has 0 aromatic carbocycles. The van der Waals surface area contributed by atoms with Crippen molar-refractivity contribution in [3.8, 4) is 40.7 Å². The Balaban J connectivity index is 1.53. The molecule has 0 unspecified atom stereocenters. The predicted octanol–water partition coefficient (Wildman–Crippen LogP) is 2.60. The van der Waals surface area contributed by atoms with E-state index >= 15 is 0 Å². The number of terminal acetylenes is 1. The zero-order valence-corrected chi connectivity index (χ0v) is 19.1. The van der Waals surface area contributed by atoms with E-state index in [1.807, 2.05) is 36.5 Å². The number of aryl methyl sites for hydroxylation is 1. The molecule has 0 N–H and O–H groups in total. The maximum atomic E-state index is 11.7. The third kappa shape index (κ3) is 3.72. The summed E-state index contributed by atoms with van der Waals surface area (Å²) < 4.78 is 3.42. The SMILES string of the molecule is C#CC(=O)N1CCN(c2ncc(-c3cc(-c4cnn(C)c4)cn4ncc(C#N)c34)cc2Cl)CC1. The van der Waals surface area contributed by atoms with Gasteiger partial charge in [0, 0.05) is 74.1 Å². The monoisotopic (exact) mass is 470 g/mol. The van der Waals surface area contributed by atoms with Gasteiger partial charge in [0.2, 0.25) is 0 Å². The van der Waals surface area contributed by atoms with Gasteiger partial charge in [0.1, 0.15) is 11.9 Å². The number of nitrogens with zero attached hydrogens (tertiary/aromatic N) is 8. The molecule has 10 heteroatoms. The van der Waals surface area contributed by atoms with Gasteiger partial charge in [-0.1, -0.05) is 11.6 Å². The Bertz CT molecular complexity index is 1500. The first-order chi connectivity index (χ1) is 16.5. The standard InChI is InChI=1S/C24H19ClN8O/c1-3-22(34)31-4-6-32(7-5-31)24-21(25)9-16(11-27-24)20-8-17(19-13-28-30(2)14-19)15-33-23(20)18(10-26)12-29-33/h1,8-9,11-15H,4-7H2,2H3. The normalized spacial score (nSPS) is 13.6. The molecule has 5 heterocycles. The summed E-state index contributed by atoms with van der Waals surface area (Å²) in [6, 6.07) is 6.05. The third-order valence-electron chi connectivity index (χ3n) is 5.89. The van der Waals surface area contributed by atoms with Crippen molar-refractivity contribution in [2.45, 2.75) is 0 Å². The number of hydrogen-bond acceptors (Lipinski definition) is 6. The lowest BCUT2D eigenvalue weighted by molar-refractivity contribution is -0.125. The van der Waals surface area contributed by atoms with Crippen LogP contribution in [-0.4, -0.2) is 61.4 Å². The van der Waals surface area contributed by atoms with Crippen LogP contribution in [0.1, 0.15) is 5.56 Å². The molecule has 0 bridgehead atoms. The van der Waals surface area contributed by atoms with Gasteiger partial charge in [0.25, 0.3) is 5.91 Å². The van der Waals surface area contributed by atoms with E-state index < -0.39 is 0 Å². The highest BCUT2D eigenvalue weighted by molar-refractivity contribution is 6.33. The molecule has 1 aliphatic heterocycles. The Morgan fingerprint density at radius 2 is 1.85 bits per heavy atom.